The Bertz CT molecular complexity index is 276. The summed E-state index contributed by atoms with van der Waals surface area (Å²) >= 11 is 0. The molecule has 0 atom stereocenters. The van der Waals surface area contributed by atoms with E-state index in [2.05, 4.69) is 26.1 Å². The van der Waals surface area contributed by atoms with E-state index in [4.69, 9.17) is 4.74 Å². The molecular weight excluding hydrogens is 202 g/mol. The van der Waals surface area contributed by atoms with Crippen molar-refractivity contribution in [3.8, 4) is 0 Å². The predicted molar refractivity (Wildman–Crippen MR) is 63.1 cm³/mol. The smallest absolute Gasteiger partial charge is 0.223 e. The Labute approximate surface area is 97.9 Å². The van der Waals surface area contributed by atoms with Gasteiger partial charge >= 0.3 is 0 Å². The molecule has 2 rings (SSSR count). The highest BCUT2D eigenvalue weighted by atomic mass is 16.5. The van der Waals surface area contributed by atoms with Gasteiger partial charge in [0.25, 0.3) is 0 Å². The number of carbonyl (C=O) groups excluding carboxylic acids is 1. The SMILES string of the molecule is CC1(C(C)(C)NC(=O)C2CCCC2)COC1. The summed E-state index contributed by atoms with van der Waals surface area (Å²) in [6.07, 6.45) is 4.54. The molecule has 2 aliphatic rings. The van der Waals surface area contributed by atoms with Crippen LogP contribution in [0, 0.1) is 11.3 Å². The van der Waals surface area contributed by atoms with Crippen molar-refractivity contribution in [2.24, 2.45) is 11.3 Å². The molecule has 0 radical (unpaired) electrons. The Kier molecular flexibility index (Phi) is 2.99. The minimum Gasteiger partial charge on any atom is -0.380 e. The summed E-state index contributed by atoms with van der Waals surface area (Å²) in [5, 5.41) is 3.22. The molecular formula is C13H23NO2. The largest absolute Gasteiger partial charge is 0.380 e. The van der Waals surface area contributed by atoms with E-state index in [9.17, 15) is 4.79 Å². The molecule has 0 aromatic heterocycles. The second kappa shape index (κ2) is 4.02. The Hall–Kier alpha value is -0.570. The van der Waals surface area contributed by atoms with Crippen molar-refractivity contribution >= 4 is 5.91 Å². The fourth-order valence-electron chi connectivity index (χ4n) is 2.52. The van der Waals surface area contributed by atoms with Crippen molar-refractivity contribution < 1.29 is 9.53 Å². The van der Waals surface area contributed by atoms with Gasteiger partial charge in [0, 0.05) is 16.9 Å². The van der Waals surface area contributed by atoms with E-state index in [1.807, 2.05) is 0 Å². The van der Waals surface area contributed by atoms with Crippen molar-refractivity contribution in [1.29, 1.82) is 0 Å². The second-order valence-electron chi connectivity index (χ2n) is 6.15. The topological polar surface area (TPSA) is 38.3 Å². The van der Waals surface area contributed by atoms with Gasteiger partial charge in [0.2, 0.25) is 5.91 Å². The van der Waals surface area contributed by atoms with Crippen LogP contribution in [0.4, 0.5) is 0 Å². The highest BCUT2D eigenvalue weighted by Crippen LogP contribution is 2.38. The molecule has 1 amide bonds. The fraction of sp³-hybridized carbons (Fsp3) is 0.923. The quantitative estimate of drug-likeness (QED) is 0.799. The average Bonchev–Trinajstić information content (AvgIpc) is 2.65. The summed E-state index contributed by atoms with van der Waals surface area (Å²) in [5.41, 5.74) is -0.0633. The minimum absolute atomic E-state index is 0.0985. The molecule has 16 heavy (non-hydrogen) atoms. The predicted octanol–water partition coefficient (Wildman–Crippen LogP) is 2.11. The summed E-state index contributed by atoms with van der Waals surface area (Å²) in [7, 11) is 0. The zero-order valence-electron chi connectivity index (χ0n) is 10.6. The van der Waals surface area contributed by atoms with Crippen LogP contribution in [0.15, 0.2) is 0 Å². The van der Waals surface area contributed by atoms with Gasteiger partial charge in [-0.3, -0.25) is 4.79 Å². The fourth-order valence-corrected chi connectivity index (χ4v) is 2.52. The van der Waals surface area contributed by atoms with Gasteiger partial charge in [0.15, 0.2) is 0 Å². The molecule has 1 N–H and O–H groups in total. The van der Waals surface area contributed by atoms with E-state index in [-0.39, 0.29) is 22.8 Å². The number of carbonyl (C=O) groups is 1. The Morgan fingerprint density at radius 2 is 1.88 bits per heavy atom. The first-order valence-electron chi connectivity index (χ1n) is 6.34. The zero-order valence-corrected chi connectivity index (χ0v) is 10.6. The first-order chi connectivity index (χ1) is 7.45. The molecule has 0 unspecified atom stereocenters. The van der Waals surface area contributed by atoms with E-state index in [1.54, 1.807) is 0 Å². The number of amides is 1. The molecule has 0 spiro atoms. The molecule has 92 valence electrons. The van der Waals surface area contributed by atoms with Crippen molar-refractivity contribution in [3.05, 3.63) is 0 Å². The van der Waals surface area contributed by atoms with Crippen LogP contribution in [0.5, 0.6) is 0 Å². The van der Waals surface area contributed by atoms with E-state index >= 15 is 0 Å². The van der Waals surface area contributed by atoms with Gasteiger partial charge in [-0.25, -0.2) is 0 Å². The summed E-state index contributed by atoms with van der Waals surface area (Å²) in [6.45, 7) is 7.92. The maximum Gasteiger partial charge on any atom is 0.223 e. The number of ether oxygens (including phenoxy) is 1. The third kappa shape index (κ3) is 1.97. The number of hydrogen-bond donors (Lipinski definition) is 1. The molecule has 1 saturated carbocycles. The summed E-state index contributed by atoms with van der Waals surface area (Å²) in [4.78, 5) is 12.1. The molecule has 1 saturated heterocycles. The van der Waals surface area contributed by atoms with E-state index < -0.39 is 0 Å². The van der Waals surface area contributed by atoms with Crippen molar-refractivity contribution in [1.82, 2.24) is 5.32 Å². The van der Waals surface area contributed by atoms with Gasteiger partial charge < -0.3 is 10.1 Å². The maximum atomic E-state index is 12.1. The van der Waals surface area contributed by atoms with Crippen LogP contribution in [-0.2, 0) is 9.53 Å². The molecule has 1 aliphatic heterocycles. The molecule has 3 nitrogen and oxygen atoms in total. The second-order valence-corrected chi connectivity index (χ2v) is 6.15. The summed E-state index contributed by atoms with van der Waals surface area (Å²) in [5.74, 6) is 0.500. The molecule has 0 bridgehead atoms. The lowest BCUT2D eigenvalue weighted by Crippen LogP contribution is -2.63. The Balaban J connectivity index is 1.94. The summed E-state index contributed by atoms with van der Waals surface area (Å²) < 4.78 is 5.28. The normalized spacial score (nSPS) is 25.2. The highest BCUT2D eigenvalue weighted by Gasteiger charge is 2.48. The lowest BCUT2D eigenvalue weighted by atomic mass is 9.71. The third-order valence-corrected chi connectivity index (χ3v) is 4.51. The third-order valence-electron chi connectivity index (χ3n) is 4.51. The van der Waals surface area contributed by atoms with Gasteiger partial charge in [-0.2, -0.15) is 0 Å². The van der Waals surface area contributed by atoms with Gasteiger partial charge in [-0.05, 0) is 26.7 Å². The van der Waals surface area contributed by atoms with Crippen molar-refractivity contribution in [3.63, 3.8) is 0 Å². The molecule has 1 heterocycles. The molecule has 0 aromatic rings. The Morgan fingerprint density at radius 1 is 1.31 bits per heavy atom. The molecule has 0 aromatic carbocycles. The standard InChI is InChI=1S/C13H23NO2/c1-12(2,13(3)8-16-9-13)14-11(15)10-6-4-5-7-10/h10H,4-9H2,1-3H3,(H,14,15). The maximum absolute atomic E-state index is 12.1. The highest BCUT2D eigenvalue weighted by molar-refractivity contribution is 5.79. The van der Waals surface area contributed by atoms with Crippen LogP contribution < -0.4 is 5.32 Å². The van der Waals surface area contributed by atoms with Crippen LogP contribution in [0.1, 0.15) is 46.5 Å². The average molecular weight is 225 g/mol. The van der Waals surface area contributed by atoms with Crippen LogP contribution in [0.25, 0.3) is 0 Å². The first kappa shape index (κ1) is 11.9. The van der Waals surface area contributed by atoms with E-state index in [1.165, 1.54) is 12.8 Å². The van der Waals surface area contributed by atoms with E-state index in [0.29, 0.717) is 0 Å². The lowest BCUT2D eigenvalue weighted by molar-refractivity contribution is -0.153. The number of hydrogen-bond acceptors (Lipinski definition) is 2. The van der Waals surface area contributed by atoms with Crippen molar-refractivity contribution in [2.75, 3.05) is 13.2 Å². The monoisotopic (exact) mass is 225 g/mol. The van der Waals surface area contributed by atoms with E-state index in [0.717, 1.165) is 26.1 Å². The summed E-state index contributed by atoms with van der Waals surface area (Å²) in [6, 6.07) is 0. The van der Waals surface area contributed by atoms with Gasteiger partial charge in [0.1, 0.15) is 0 Å². The van der Waals surface area contributed by atoms with Gasteiger partial charge in [-0.1, -0.05) is 19.8 Å². The Morgan fingerprint density at radius 3 is 2.31 bits per heavy atom. The zero-order chi connectivity index (χ0) is 11.8. The minimum atomic E-state index is -0.162. The number of nitrogens with one attached hydrogen (secondary N) is 1. The molecule has 1 aliphatic carbocycles. The van der Waals surface area contributed by atoms with Crippen LogP contribution in [0.2, 0.25) is 0 Å². The molecule has 3 heteroatoms. The number of rotatable bonds is 3. The van der Waals surface area contributed by atoms with Crippen LogP contribution in [0.3, 0.4) is 0 Å². The van der Waals surface area contributed by atoms with Crippen LogP contribution >= 0.6 is 0 Å². The van der Waals surface area contributed by atoms with Crippen molar-refractivity contribution in [2.45, 2.75) is 52.0 Å². The molecule has 2 fully saturated rings. The van der Waals surface area contributed by atoms with Gasteiger partial charge in [0.05, 0.1) is 13.2 Å². The van der Waals surface area contributed by atoms with Gasteiger partial charge in [-0.15, -0.1) is 0 Å². The first-order valence-corrected chi connectivity index (χ1v) is 6.34. The lowest BCUT2D eigenvalue weighted by Gasteiger charge is -2.50. The van der Waals surface area contributed by atoms with Crippen LogP contribution in [-0.4, -0.2) is 24.7 Å².